The van der Waals surface area contributed by atoms with Crippen LogP contribution in [-0.4, -0.2) is 32.3 Å². The van der Waals surface area contributed by atoms with Gasteiger partial charge in [0, 0.05) is 18.8 Å². The van der Waals surface area contributed by atoms with E-state index in [2.05, 4.69) is 20.8 Å². The van der Waals surface area contributed by atoms with Crippen molar-refractivity contribution < 1.29 is 18.8 Å². The van der Waals surface area contributed by atoms with Crippen LogP contribution in [-0.2, 0) is 18.8 Å². The average molecular weight is 324 g/mol. The number of carbonyl (C=O) groups excluding carboxylic acids is 2. The smallest absolute Gasteiger partial charge is 0.306 e. The molecule has 4 nitrogen and oxygen atoms in total. The summed E-state index contributed by atoms with van der Waals surface area (Å²) in [6.07, 6.45) is 3.61. The number of esters is 1. The monoisotopic (exact) mass is 324 g/mol. The standard InChI is InChI=1S/C17H28O4Si/c1-5-22(6-2,7-3)21-16-11-15-14(10-17(19)20-15)13(16)9-8-12(4)18/h9,14-16H,5-8,10-11H2,1-4H3/t14-,15?,16-/m1/s1. The lowest BCUT2D eigenvalue weighted by Crippen LogP contribution is -2.40. The molecule has 1 aliphatic heterocycles. The molecule has 124 valence electrons. The van der Waals surface area contributed by atoms with Gasteiger partial charge in [-0.15, -0.1) is 0 Å². The predicted octanol–water partition coefficient (Wildman–Crippen LogP) is 3.62. The average Bonchev–Trinajstić information content (AvgIpc) is 2.98. The molecule has 0 radical (unpaired) electrons. The second-order valence-corrected chi connectivity index (χ2v) is 11.3. The quantitative estimate of drug-likeness (QED) is 0.408. The summed E-state index contributed by atoms with van der Waals surface area (Å²) in [6.45, 7) is 8.24. The van der Waals surface area contributed by atoms with Crippen molar-refractivity contribution in [3.05, 3.63) is 11.6 Å². The van der Waals surface area contributed by atoms with Crippen molar-refractivity contribution in [1.29, 1.82) is 0 Å². The molecule has 2 fully saturated rings. The van der Waals surface area contributed by atoms with Gasteiger partial charge in [-0.1, -0.05) is 26.8 Å². The van der Waals surface area contributed by atoms with Crippen LogP contribution in [0.3, 0.4) is 0 Å². The fourth-order valence-corrected chi connectivity index (χ4v) is 6.54. The lowest BCUT2D eigenvalue weighted by Gasteiger charge is -2.32. The van der Waals surface area contributed by atoms with Gasteiger partial charge in [0.05, 0.1) is 12.5 Å². The summed E-state index contributed by atoms with van der Waals surface area (Å²) in [5.41, 5.74) is 1.14. The Balaban J connectivity index is 2.20. The zero-order valence-electron chi connectivity index (χ0n) is 14.2. The van der Waals surface area contributed by atoms with Gasteiger partial charge in [-0.3, -0.25) is 9.59 Å². The van der Waals surface area contributed by atoms with E-state index in [0.717, 1.165) is 30.1 Å². The molecule has 22 heavy (non-hydrogen) atoms. The van der Waals surface area contributed by atoms with Gasteiger partial charge in [-0.2, -0.15) is 0 Å². The minimum atomic E-state index is -1.71. The molecule has 0 bridgehead atoms. The van der Waals surface area contributed by atoms with Crippen LogP contribution in [0.15, 0.2) is 11.6 Å². The molecule has 1 heterocycles. The van der Waals surface area contributed by atoms with E-state index in [4.69, 9.17) is 9.16 Å². The highest BCUT2D eigenvalue weighted by atomic mass is 28.4. The van der Waals surface area contributed by atoms with E-state index < -0.39 is 8.32 Å². The van der Waals surface area contributed by atoms with Gasteiger partial charge in [0.2, 0.25) is 0 Å². The van der Waals surface area contributed by atoms with Crippen LogP contribution in [0, 0.1) is 5.92 Å². The Labute approximate surface area is 134 Å². The second kappa shape index (κ2) is 7.09. The number of hydrogen-bond acceptors (Lipinski definition) is 4. The maximum absolute atomic E-state index is 11.6. The number of fused-ring (bicyclic) bond motifs is 1. The van der Waals surface area contributed by atoms with Crippen molar-refractivity contribution >= 4 is 20.1 Å². The van der Waals surface area contributed by atoms with E-state index in [0.29, 0.717) is 12.8 Å². The van der Waals surface area contributed by atoms with Gasteiger partial charge in [0.15, 0.2) is 8.32 Å². The number of ketones is 1. The summed E-state index contributed by atoms with van der Waals surface area (Å²) in [5.74, 6) is 0.145. The van der Waals surface area contributed by atoms with E-state index >= 15 is 0 Å². The Kier molecular flexibility index (Phi) is 5.61. The van der Waals surface area contributed by atoms with Crippen molar-refractivity contribution in [2.24, 2.45) is 5.92 Å². The number of hydrogen-bond donors (Lipinski definition) is 0. The predicted molar refractivity (Wildman–Crippen MR) is 88.1 cm³/mol. The number of rotatable bonds is 7. The summed E-state index contributed by atoms with van der Waals surface area (Å²) < 4.78 is 12.1. The minimum absolute atomic E-state index is 0.0361. The molecule has 0 aromatic rings. The molecule has 0 aromatic carbocycles. The Bertz CT molecular complexity index is 459. The Morgan fingerprint density at radius 3 is 2.50 bits per heavy atom. The van der Waals surface area contributed by atoms with Crippen LogP contribution >= 0.6 is 0 Å². The molecule has 2 aliphatic rings. The second-order valence-electron chi connectivity index (χ2n) is 6.54. The van der Waals surface area contributed by atoms with Crippen molar-refractivity contribution in [1.82, 2.24) is 0 Å². The van der Waals surface area contributed by atoms with Gasteiger partial charge in [0.1, 0.15) is 11.9 Å². The number of carbonyl (C=O) groups is 2. The first kappa shape index (κ1) is 17.4. The highest BCUT2D eigenvalue weighted by Crippen LogP contribution is 2.44. The zero-order valence-corrected chi connectivity index (χ0v) is 15.2. The summed E-state index contributed by atoms with van der Waals surface area (Å²) in [5, 5.41) is 0. The Morgan fingerprint density at radius 2 is 1.95 bits per heavy atom. The first-order valence-electron chi connectivity index (χ1n) is 8.51. The van der Waals surface area contributed by atoms with Crippen LogP contribution in [0.1, 0.15) is 47.0 Å². The van der Waals surface area contributed by atoms with Gasteiger partial charge in [-0.05, 0) is 30.6 Å². The van der Waals surface area contributed by atoms with E-state index in [9.17, 15) is 9.59 Å². The summed E-state index contributed by atoms with van der Waals surface area (Å²) in [7, 11) is -1.71. The SMILES string of the molecule is CC[Si](CC)(CC)O[C@@H]1CC2OC(=O)C[C@@H]2C1=CCC(C)=O. The van der Waals surface area contributed by atoms with Crippen LogP contribution in [0.5, 0.6) is 0 Å². The number of ether oxygens (including phenoxy) is 1. The molecule has 1 saturated heterocycles. The molecule has 0 N–H and O–H groups in total. The van der Waals surface area contributed by atoms with Crippen LogP contribution < -0.4 is 0 Å². The van der Waals surface area contributed by atoms with Crippen LogP contribution in [0.25, 0.3) is 0 Å². The summed E-state index contributed by atoms with van der Waals surface area (Å²) in [6, 6.07) is 3.31. The van der Waals surface area contributed by atoms with E-state index in [1.54, 1.807) is 6.92 Å². The van der Waals surface area contributed by atoms with Crippen LogP contribution in [0.2, 0.25) is 18.1 Å². The third-order valence-electron chi connectivity index (χ3n) is 5.31. The highest BCUT2D eigenvalue weighted by molar-refractivity contribution is 6.73. The third kappa shape index (κ3) is 3.51. The molecule has 3 atom stereocenters. The van der Waals surface area contributed by atoms with Gasteiger partial charge in [0.25, 0.3) is 0 Å². The maximum Gasteiger partial charge on any atom is 0.306 e. The number of allylic oxidation sites excluding steroid dienone is 1. The fourth-order valence-electron chi connectivity index (χ4n) is 3.70. The van der Waals surface area contributed by atoms with Crippen molar-refractivity contribution in [2.75, 3.05) is 0 Å². The summed E-state index contributed by atoms with van der Waals surface area (Å²) in [4.78, 5) is 22.9. The lowest BCUT2D eigenvalue weighted by atomic mass is 9.97. The van der Waals surface area contributed by atoms with Gasteiger partial charge in [-0.25, -0.2) is 0 Å². The van der Waals surface area contributed by atoms with Crippen molar-refractivity contribution in [3.8, 4) is 0 Å². The van der Waals surface area contributed by atoms with Gasteiger partial charge >= 0.3 is 5.97 Å². The highest BCUT2D eigenvalue weighted by Gasteiger charge is 2.48. The molecule has 2 rings (SSSR count). The van der Waals surface area contributed by atoms with Gasteiger partial charge < -0.3 is 9.16 Å². The minimum Gasteiger partial charge on any atom is -0.462 e. The maximum atomic E-state index is 11.6. The molecule has 0 spiro atoms. The van der Waals surface area contributed by atoms with E-state index in [1.165, 1.54) is 0 Å². The molecular weight excluding hydrogens is 296 g/mol. The van der Waals surface area contributed by atoms with E-state index in [-0.39, 0.29) is 29.9 Å². The fraction of sp³-hybridized carbons (Fsp3) is 0.765. The largest absolute Gasteiger partial charge is 0.462 e. The first-order valence-corrected chi connectivity index (χ1v) is 11.0. The number of Topliss-reactive ketones (excluding diaryl/α,β-unsaturated/α-hetero) is 1. The van der Waals surface area contributed by atoms with Crippen molar-refractivity contribution in [3.63, 3.8) is 0 Å². The third-order valence-corrected chi connectivity index (χ3v) is 9.97. The molecule has 0 aromatic heterocycles. The first-order chi connectivity index (χ1) is 10.4. The summed E-state index contributed by atoms with van der Waals surface area (Å²) >= 11 is 0. The lowest BCUT2D eigenvalue weighted by molar-refractivity contribution is -0.141. The molecule has 0 amide bonds. The molecular formula is C17H28O4Si. The Hall–Kier alpha value is -0.943. The van der Waals surface area contributed by atoms with Crippen molar-refractivity contribution in [2.45, 2.75) is 77.3 Å². The molecule has 1 saturated carbocycles. The molecule has 1 unspecified atom stereocenters. The zero-order chi connectivity index (χ0) is 16.3. The molecule has 1 aliphatic carbocycles. The van der Waals surface area contributed by atoms with E-state index in [1.807, 2.05) is 6.08 Å². The topological polar surface area (TPSA) is 52.6 Å². The van der Waals surface area contributed by atoms with Crippen LogP contribution in [0.4, 0.5) is 0 Å². The Morgan fingerprint density at radius 1 is 1.32 bits per heavy atom. The molecule has 5 heteroatoms. The normalized spacial score (nSPS) is 29.7.